The summed E-state index contributed by atoms with van der Waals surface area (Å²) in [5.74, 6) is -0.0699. The summed E-state index contributed by atoms with van der Waals surface area (Å²) in [5, 5.41) is 9.46. The average Bonchev–Trinajstić information content (AvgIpc) is 2.95. The highest BCUT2D eigenvalue weighted by molar-refractivity contribution is 7.99. The fraction of sp³-hybridized carbons (Fsp3) is 0.533. The normalized spacial score (nSPS) is 21.2. The van der Waals surface area contributed by atoms with Crippen LogP contribution in [0.3, 0.4) is 0 Å². The molecule has 0 aliphatic heterocycles. The van der Waals surface area contributed by atoms with Crippen molar-refractivity contribution in [2.24, 2.45) is 0 Å². The van der Waals surface area contributed by atoms with Crippen LogP contribution < -0.4 is 0 Å². The van der Waals surface area contributed by atoms with E-state index in [2.05, 4.69) is 11.9 Å². The highest BCUT2D eigenvalue weighted by Crippen LogP contribution is 2.32. The van der Waals surface area contributed by atoms with Crippen LogP contribution in [-0.2, 0) is 0 Å². The number of amides is 1. The third kappa shape index (κ3) is 3.75. The van der Waals surface area contributed by atoms with Crippen molar-refractivity contribution in [1.82, 2.24) is 9.88 Å². The van der Waals surface area contributed by atoms with Crippen LogP contribution >= 0.6 is 11.8 Å². The standard InChI is InChI=1S/C15H20N2O3S/c1-3-21-12-6-5-11(8-12)17(2)14(18)10-4-7-13(15(19)20)16-9-10/h4,7,9,11-12H,3,5-6,8H2,1-2H3,(H,19,20). The largest absolute Gasteiger partial charge is 0.477 e. The van der Waals surface area contributed by atoms with Crippen molar-refractivity contribution in [1.29, 1.82) is 0 Å². The lowest BCUT2D eigenvalue weighted by molar-refractivity contribution is 0.0685. The predicted molar refractivity (Wildman–Crippen MR) is 82.8 cm³/mol. The third-order valence-electron chi connectivity index (χ3n) is 3.86. The maximum Gasteiger partial charge on any atom is 0.354 e. The maximum atomic E-state index is 12.4. The van der Waals surface area contributed by atoms with Gasteiger partial charge in [-0.25, -0.2) is 9.78 Å². The second-order valence-corrected chi connectivity index (χ2v) is 6.77. The van der Waals surface area contributed by atoms with E-state index < -0.39 is 5.97 Å². The molecule has 1 amide bonds. The summed E-state index contributed by atoms with van der Waals surface area (Å²) < 4.78 is 0. The molecule has 1 aliphatic rings. The van der Waals surface area contributed by atoms with Gasteiger partial charge in [-0.2, -0.15) is 11.8 Å². The van der Waals surface area contributed by atoms with Crippen LogP contribution in [0.25, 0.3) is 0 Å². The predicted octanol–water partition coefficient (Wildman–Crippen LogP) is 2.53. The van der Waals surface area contributed by atoms with Crippen molar-refractivity contribution in [3.8, 4) is 0 Å². The Morgan fingerprint density at radius 2 is 2.19 bits per heavy atom. The fourth-order valence-electron chi connectivity index (χ4n) is 2.67. The first-order chi connectivity index (χ1) is 10.0. The number of carbonyl (C=O) groups excluding carboxylic acids is 1. The van der Waals surface area contributed by atoms with Crippen LogP contribution in [0.5, 0.6) is 0 Å². The molecule has 2 atom stereocenters. The summed E-state index contributed by atoms with van der Waals surface area (Å²) in [5.41, 5.74) is 0.392. The molecular weight excluding hydrogens is 288 g/mol. The molecule has 5 nitrogen and oxygen atoms in total. The van der Waals surface area contributed by atoms with Crippen molar-refractivity contribution in [2.45, 2.75) is 37.5 Å². The van der Waals surface area contributed by atoms with Gasteiger partial charge in [0.15, 0.2) is 0 Å². The monoisotopic (exact) mass is 308 g/mol. The smallest absolute Gasteiger partial charge is 0.354 e. The lowest BCUT2D eigenvalue weighted by atomic mass is 10.1. The van der Waals surface area contributed by atoms with Crippen molar-refractivity contribution < 1.29 is 14.7 Å². The van der Waals surface area contributed by atoms with Crippen LogP contribution in [0.2, 0.25) is 0 Å². The molecule has 1 saturated carbocycles. The van der Waals surface area contributed by atoms with Gasteiger partial charge in [0.2, 0.25) is 0 Å². The minimum absolute atomic E-state index is 0.0468. The first-order valence-electron chi connectivity index (χ1n) is 7.11. The van der Waals surface area contributed by atoms with Gasteiger partial charge < -0.3 is 10.0 Å². The summed E-state index contributed by atoms with van der Waals surface area (Å²) in [6, 6.07) is 3.16. The van der Waals surface area contributed by atoms with Crippen molar-refractivity contribution >= 4 is 23.6 Å². The van der Waals surface area contributed by atoms with Gasteiger partial charge in [-0.15, -0.1) is 0 Å². The zero-order valence-corrected chi connectivity index (χ0v) is 13.1. The molecule has 1 aliphatic carbocycles. The maximum absolute atomic E-state index is 12.4. The Hall–Kier alpha value is -1.56. The summed E-state index contributed by atoms with van der Waals surface area (Å²) in [6.45, 7) is 2.16. The first-order valence-corrected chi connectivity index (χ1v) is 8.16. The molecule has 0 spiro atoms. The van der Waals surface area contributed by atoms with E-state index in [1.54, 1.807) is 4.90 Å². The highest BCUT2D eigenvalue weighted by atomic mass is 32.2. The summed E-state index contributed by atoms with van der Waals surface area (Å²) >= 11 is 1.96. The van der Waals surface area contributed by atoms with Gasteiger partial charge in [0.1, 0.15) is 5.69 Å². The molecule has 1 heterocycles. The number of hydrogen-bond acceptors (Lipinski definition) is 4. The molecule has 1 fully saturated rings. The van der Waals surface area contributed by atoms with E-state index in [1.165, 1.54) is 18.3 Å². The number of aromatic nitrogens is 1. The van der Waals surface area contributed by atoms with Crippen LogP contribution in [0, 0.1) is 0 Å². The average molecular weight is 308 g/mol. The fourth-order valence-corrected chi connectivity index (χ4v) is 3.81. The molecule has 2 rings (SSSR count). The van der Waals surface area contributed by atoms with Gasteiger partial charge in [0.25, 0.3) is 5.91 Å². The summed E-state index contributed by atoms with van der Waals surface area (Å²) in [4.78, 5) is 28.7. The minimum Gasteiger partial charge on any atom is -0.477 e. The van der Waals surface area contributed by atoms with E-state index in [0.29, 0.717) is 10.8 Å². The van der Waals surface area contributed by atoms with E-state index in [1.807, 2.05) is 18.8 Å². The number of aromatic carboxylic acids is 1. The molecule has 6 heteroatoms. The second kappa shape index (κ2) is 6.93. The highest BCUT2D eigenvalue weighted by Gasteiger charge is 2.30. The number of carboxylic acid groups (broad SMARTS) is 1. The molecular formula is C15H20N2O3S. The summed E-state index contributed by atoms with van der Waals surface area (Å²) in [7, 11) is 1.82. The topological polar surface area (TPSA) is 70.5 Å². The number of hydrogen-bond donors (Lipinski definition) is 1. The number of carboxylic acids is 1. The summed E-state index contributed by atoms with van der Waals surface area (Å²) in [6.07, 6.45) is 4.55. The molecule has 1 aromatic heterocycles. The number of carbonyl (C=O) groups is 2. The molecule has 0 aromatic carbocycles. The Kier molecular flexibility index (Phi) is 5.22. The minimum atomic E-state index is -1.09. The Bertz CT molecular complexity index is 518. The second-order valence-electron chi connectivity index (χ2n) is 5.20. The van der Waals surface area contributed by atoms with Crippen LogP contribution in [0.4, 0.5) is 0 Å². The van der Waals surface area contributed by atoms with Crippen molar-refractivity contribution in [3.63, 3.8) is 0 Å². The molecule has 21 heavy (non-hydrogen) atoms. The number of nitrogens with zero attached hydrogens (tertiary/aromatic N) is 2. The van der Waals surface area contributed by atoms with Gasteiger partial charge in [-0.05, 0) is 37.1 Å². The zero-order chi connectivity index (χ0) is 15.4. The Morgan fingerprint density at radius 3 is 2.76 bits per heavy atom. The van der Waals surface area contributed by atoms with E-state index in [9.17, 15) is 9.59 Å². The quantitative estimate of drug-likeness (QED) is 0.905. The number of rotatable bonds is 5. The molecule has 0 bridgehead atoms. The van der Waals surface area contributed by atoms with Crippen molar-refractivity contribution in [2.75, 3.05) is 12.8 Å². The lowest BCUT2D eigenvalue weighted by Crippen LogP contribution is -2.35. The lowest BCUT2D eigenvalue weighted by Gasteiger charge is -2.24. The van der Waals surface area contributed by atoms with Gasteiger partial charge >= 0.3 is 5.97 Å². The molecule has 1 aromatic rings. The van der Waals surface area contributed by atoms with Gasteiger partial charge in [-0.3, -0.25) is 4.79 Å². The SMILES string of the molecule is CCSC1CCC(N(C)C(=O)c2ccc(C(=O)O)nc2)C1. The van der Waals surface area contributed by atoms with E-state index in [-0.39, 0.29) is 17.6 Å². The van der Waals surface area contributed by atoms with Gasteiger partial charge in [0.05, 0.1) is 5.56 Å². The van der Waals surface area contributed by atoms with Gasteiger partial charge in [-0.1, -0.05) is 6.92 Å². The third-order valence-corrected chi connectivity index (χ3v) is 5.09. The van der Waals surface area contributed by atoms with Gasteiger partial charge in [0, 0.05) is 24.5 Å². The molecule has 114 valence electrons. The zero-order valence-electron chi connectivity index (χ0n) is 12.3. The van der Waals surface area contributed by atoms with E-state index in [0.717, 1.165) is 25.0 Å². The molecule has 1 N–H and O–H groups in total. The van der Waals surface area contributed by atoms with Crippen molar-refractivity contribution in [3.05, 3.63) is 29.6 Å². The Balaban J connectivity index is 2.01. The number of pyridine rings is 1. The Labute approximate surface area is 128 Å². The number of thioether (sulfide) groups is 1. The van der Waals surface area contributed by atoms with E-state index >= 15 is 0 Å². The van der Waals surface area contributed by atoms with E-state index in [4.69, 9.17) is 5.11 Å². The molecule has 0 radical (unpaired) electrons. The van der Waals surface area contributed by atoms with Crippen LogP contribution in [-0.4, -0.2) is 51.0 Å². The Morgan fingerprint density at radius 1 is 1.43 bits per heavy atom. The first kappa shape index (κ1) is 15.8. The molecule has 0 saturated heterocycles. The van der Waals surface area contributed by atoms with Crippen LogP contribution in [0.15, 0.2) is 18.3 Å². The van der Waals surface area contributed by atoms with Crippen LogP contribution in [0.1, 0.15) is 47.0 Å². The molecule has 2 unspecified atom stereocenters.